The van der Waals surface area contributed by atoms with Gasteiger partial charge in [0.25, 0.3) is 0 Å². The van der Waals surface area contributed by atoms with Crippen molar-refractivity contribution < 1.29 is 4.79 Å². The highest BCUT2D eigenvalue weighted by Gasteiger charge is 2.18. The van der Waals surface area contributed by atoms with E-state index in [0.717, 1.165) is 17.4 Å². The van der Waals surface area contributed by atoms with Crippen LogP contribution >= 0.6 is 24.0 Å². The van der Waals surface area contributed by atoms with Crippen LogP contribution in [0.15, 0.2) is 24.3 Å². The average molecular weight is 321 g/mol. The molecule has 0 aromatic heterocycles. The summed E-state index contributed by atoms with van der Waals surface area (Å²) >= 11 is 6.71. The van der Waals surface area contributed by atoms with E-state index in [-0.39, 0.29) is 11.2 Å². The first-order valence-electron chi connectivity index (χ1n) is 6.78. The van der Waals surface area contributed by atoms with Gasteiger partial charge in [-0.15, -0.1) is 0 Å². The molecule has 4 nitrogen and oxygen atoms in total. The van der Waals surface area contributed by atoms with E-state index in [1.807, 2.05) is 31.7 Å². The van der Waals surface area contributed by atoms with Gasteiger partial charge in [-0.05, 0) is 39.0 Å². The van der Waals surface area contributed by atoms with Gasteiger partial charge in [0, 0.05) is 18.8 Å². The molecule has 1 amide bonds. The molecule has 0 radical (unpaired) electrons. The molecule has 0 spiro atoms. The van der Waals surface area contributed by atoms with Crippen molar-refractivity contribution in [3.63, 3.8) is 0 Å². The van der Waals surface area contributed by atoms with E-state index in [1.54, 1.807) is 24.3 Å². The van der Waals surface area contributed by atoms with Gasteiger partial charge in [0.1, 0.15) is 4.32 Å². The molecule has 6 heteroatoms. The molecule has 0 heterocycles. The SMILES string of the molecule is CCN(CC)C(=S)S[C@@H](C)C(=O)Nc1cccc(C#N)c1. The molecule has 0 unspecified atom stereocenters. The summed E-state index contributed by atoms with van der Waals surface area (Å²) in [5, 5.41) is 11.4. The lowest BCUT2D eigenvalue weighted by atomic mass is 10.2. The Bertz CT molecular complexity index is 550. The quantitative estimate of drug-likeness (QED) is 0.844. The van der Waals surface area contributed by atoms with E-state index in [4.69, 9.17) is 17.5 Å². The summed E-state index contributed by atoms with van der Waals surface area (Å²) in [6, 6.07) is 8.90. The number of thioether (sulfide) groups is 1. The molecular weight excluding hydrogens is 302 g/mol. The third-order valence-electron chi connectivity index (χ3n) is 2.93. The number of nitrogens with zero attached hydrogens (tertiary/aromatic N) is 2. The van der Waals surface area contributed by atoms with E-state index in [9.17, 15) is 4.79 Å². The van der Waals surface area contributed by atoms with Gasteiger partial charge in [-0.25, -0.2) is 0 Å². The van der Waals surface area contributed by atoms with Crippen molar-refractivity contribution in [2.45, 2.75) is 26.0 Å². The predicted octanol–water partition coefficient (Wildman–Crippen LogP) is 3.25. The summed E-state index contributed by atoms with van der Waals surface area (Å²) in [6.07, 6.45) is 0. The van der Waals surface area contributed by atoms with Crippen LogP contribution in [-0.4, -0.2) is 33.5 Å². The van der Waals surface area contributed by atoms with Crippen molar-refractivity contribution in [1.29, 1.82) is 5.26 Å². The van der Waals surface area contributed by atoms with Gasteiger partial charge in [-0.1, -0.05) is 30.0 Å². The number of carbonyl (C=O) groups excluding carboxylic acids is 1. The molecule has 0 aliphatic heterocycles. The summed E-state index contributed by atoms with van der Waals surface area (Å²) in [7, 11) is 0. The fourth-order valence-corrected chi connectivity index (χ4v) is 3.24. The lowest BCUT2D eigenvalue weighted by molar-refractivity contribution is -0.115. The molecule has 0 aliphatic rings. The van der Waals surface area contributed by atoms with Gasteiger partial charge < -0.3 is 10.2 Å². The first kappa shape index (κ1) is 17.5. The normalized spacial score (nSPS) is 11.3. The zero-order valence-electron chi connectivity index (χ0n) is 12.4. The molecule has 0 aliphatic carbocycles. The van der Waals surface area contributed by atoms with Crippen molar-refractivity contribution in [2.75, 3.05) is 18.4 Å². The minimum absolute atomic E-state index is 0.121. The third kappa shape index (κ3) is 5.37. The number of rotatable bonds is 5. The third-order valence-corrected chi connectivity index (χ3v) is 4.50. The topological polar surface area (TPSA) is 56.1 Å². The zero-order valence-corrected chi connectivity index (χ0v) is 14.1. The maximum absolute atomic E-state index is 12.2. The Morgan fingerprint density at radius 1 is 1.48 bits per heavy atom. The first-order chi connectivity index (χ1) is 10.0. The summed E-state index contributed by atoms with van der Waals surface area (Å²) in [6.45, 7) is 7.56. The van der Waals surface area contributed by atoms with Crippen LogP contribution in [0, 0.1) is 11.3 Å². The van der Waals surface area contributed by atoms with Gasteiger partial charge in [0.15, 0.2) is 0 Å². The second-order valence-corrected chi connectivity index (χ2v) is 6.35. The number of amides is 1. The van der Waals surface area contributed by atoms with E-state index in [2.05, 4.69) is 5.32 Å². The fourth-order valence-electron chi connectivity index (χ4n) is 1.67. The average Bonchev–Trinajstić information content (AvgIpc) is 2.48. The lowest BCUT2D eigenvalue weighted by Gasteiger charge is -2.22. The molecule has 0 saturated heterocycles. The molecule has 1 aromatic carbocycles. The van der Waals surface area contributed by atoms with Crippen LogP contribution in [0.4, 0.5) is 5.69 Å². The molecule has 1 rings (SSSR count). The smallest absolute Gasteiger partial charge is 0.237 e. The molecule has 0 saturated carbocycles. The summed E-state index contributed by atoms with van der Waals surface area (Å²) in [5.41, 5.74) is 1.15. The van der Waals surface area contributed by atoms with Gasteiger partial charge in [0.2, 0.25) is 5.91 Å². The molecule has 0 bridgehead atoms. The van der Waals surface area contributed by atoms with Crippen LogP contribution in [0.25, 0.3) is 0 Å². The largest absolute Gasteiger partial charge is 0.358 e. The van der Waals surface area contributed by atoms with E-state index < -0.39 is 0 Å². The van der Waals surface area contributed by atoms with E-state index in [0.29, 0.717) is 11.3 Å². The zero-order chi connectivity index (χ0) is 15.8. The summed E-state index contributed by atoms with van der Waals surface area (Å²) in [4.78, 5) is 14.2. The molecule has 1 atom stereocenters. The Labute approximate surface area is 135 Å². The maximum atomic E-state index is 12.2. The van der Waals surface area contributed by atoms with Crippen LogP contribution in [-0.2, 0) is 4.79 Å². The van der Waals surface area contributed by atoms with Gasteiger partial charge in [0.05, 0.1) is 16.9 Å². The van der Waals surface area contributed by atoms with Crippen LogP contribution in [0.5, 0.6) is 0 Å². The maximum Gasteiger partial charge on any atom is 0.237 e. The van der Waals surface area contributed by atoms with Crippen LogP contribution < -0.4 is 5.32 Å². The fraction of sp³-hybridized carbons (Fsp3) is 0.400. The van der Waals surface area contributed by atoms with Crippen LogP contribution in [0.2, 0.25) is 0 Å². The molecule has 112 valence electrons. The highest BCUT2D eigenvalue weighted by Crippen LogP contribution is 2.18. The standard InChI is InChI=1S/C15H19N3OS2/c1-4-18(5-2)15(20)21-11(3)14(19)17-13-8-6-7-12(9-13)10-16/h6-9,11H,4-5H2,1-3H3,(H,17,19)/t11-/m0/s1. The van der Waals surface area contributed by atoms with Crippen molar-refractivity contribution in [1.82, 2.24) is 4.90 Å². The van der Waals surface area contributed by atoms with Gasteiger partial charge in [-0.2, -0.15) is 5.26 Å². The number of carbonyl (C=O) groups is 1. The number of nitrogens with one attached hydrogen (secondary N) is 1. The number of thiocarbonyl (C=S) groups is 1. The van der Waals surface area contributed by atoms with E-state index in [1.165, 1.54) is 11.8 Å². The Kier molecular flexibility index (Phi) is 7.20. The Morgan fingerprint density at radius 2 is 2.14 bits per heavy atom. The summed E-state index contributed by atoms with van der Waals surface area (Å²) < 4.78 is 0.730. The second-order valence-electron chi connectivity index (χ2n) is 4.38. The number of hydrogen-bond donors (Lipinski definition) is 1. The van der Waals surface area contributed by atoms with Crippen LogP contribution in [0.3, 0.4) is 0 Å². The number of nitriles is 1. The highest BCUT2D eigenvalue weighted by molar-refractivity contribution is 8.23. The summed E-state index contributed by atoms with van der Waals surface area (Å²) in [5.74, 6) is -0.121. The second kappa shape index (κ2) is 8.65. The van der Waals surface area contributed by atoms with E-state index >= 15 is 0 Å². The van der Waals surface area contributed by atoms with Crippen LogP contribution in [0.1, 0.15) is 26.3 Å². The first-order valence-corrected chi connectivity index (χ1v) is 8.07. The Morgan fingerprint density at radius 3 is 2.71 bits per heavy atom. The number of benzene rings is 1. The van der Waals surface area contributed by atoms with Crippen molar-refractivity contribution in [2.24, 2.45) is 0 Å². The molecule has 1 N–H and O–H groups in total. The number of hydrogen-bond acceptors (Lipinski definition) is 4. The Hall–Kier alpha value is -1.58. The lowest BCUT2D eigenvalue weighted by Crippen LogP contribution is -2.31. The molecular formula is C15H19N3OS2. The van der Waals surface area contributed by atoms with Gasteiger partial charge >= 0.3 is 0 Å². The predicted molar refractivity (Wildman–Crippen MR) is 92.4 cm³/mol. The van der Waals surface area contributed by atoms with Gasteiger partial charge in [-0.3, -0.25) is 4.79 Å². The van der Waals surface area contributed by atoms with Crippen molar-refractivity contribution in [3.8, 4) is 6.07 Å². The molecule has 0 fully saturated rings. The monoisotopic (exact) mass is 321 g/mol. The highest BCUT2D eigenvalue weighted by atomic mass is 32.2. The number of anilines is 1. The minimum atomic E-state index is -0.288. The van der Waals surface area contributed by atoms with Crippen molar-refractivity contribution >= 4 is 39.9 Å². The Balaban J connectivity index is 2.62. The van der Waals surface area contributed by atoms with Crippen molar-refractivity contribution in [3.05, 3.63) is 29.8 Å². The molecule has 1 aromatic rings. The molecule has 21 heavy (non-hydrogen) atoms. The minimum Gasteiger partial charge on any atom is -0.358 e.